The van der Waals surface area contributed by atoms with Crippen LogP contribution in [0.1, 0.15) is 33.0 Å². The third-order valence-electron chi connectivity index (χ3n) is 3.36. The first-order chi connectivity index (χ1) is 9.68. The summed E-state index contributed by atoms with van der Waals surface area (Å²) in [6.07, 6.45) is 4.76. The number of nitrogens with zero attached hydrogens (tertiary/aromatic N) is 3. The highest BCUT2D eigenvalue weighted by Crippen LogP contribution is 2.22. The number of imide groups is 1. The molecule has 2 amide bonds. The first-order valence-corrected chi connectivity index (χ1v) is 6.75. The van der Waals surface area contributed by atoms with Crippen LogP contribution < -0.4 is 0 Å². The number of fused-ring (bicyclic) bond motifs is 1. The maximum absolute atomic E-state index is 12.1. The van der Waals surface area contributed by atoms with Gasteiger partial charge >= 0.3 is 0 Å². The number of benzene rings is 1. The fourth-order valence-corrected chi connectivity index (χ4v) is 2.56. The van der Waals surface area contributed by atoms with Crippen molar-refractivity contribution in [2.45, 2.75) is 12.8 Å². The summed E-state index contributed by atoms with van der Waals surface area (Å²) in [5.41, 5.74) is 0.987. The Bertz CT molecular complexity index is 646. The first-order valence-electron chi connectivity index (χ1n) is 6.35. The van der Waals surface area contributed by atoms with Crippen LogP contribution in [-0.4, -0.2) is 32.2 Å². The SMILES string of the molecule is O=C1c2ccccc2C(=O)N1CCCc1nccn1S. The lowest BCUT2D eigenvalue weighted by Crippen LogP contribution is -2.31. The Morgan fingerprint density at radius 1 is 1.10 bits per heavy atom. The fraction of sp³-hybridized carbons (Fsp3) is 0.214. The Balaban J connectivity index is 1.67. The minimum absolute atomic E-state index is 0.209. The summed E-state index contributed by atoms with van der Waals surface area (Å²) in [6.45, 7) is 0.396. The maximum Gasteiger partial charge on any atom is 0.261 e. The zero-order valence-electron chi connectivity index (χ0n) is 10.7. The van der Waals surface area contributed by atoms with Gasteiger partial charge in [-0.3, -0.25) is 18.5 Å². The Kier molecular flexibility index (Phi) is 3.31. The van der Waals surface area contributed by atoms with Gasteiger partial charge in [-0.2, -0.15) is 0 Å². The van der Waals surface area contributed by atoms with Crippen molar-refractivity contribution in [1.29, 1.82) is 0 Å². The van der Waals surface area contributed by atoms with Gasteiger partial charge in [-0.05, 0) is 18.6 Å². The van der Waals surface area contributed by atoms with Crippen LogP contribution in [0, 0.1) is 0 Å². The van der Waals surface area contributed by atoms with Gasteiger partial charge in [0, 0.05) is 25.4 Å². The molecule has 0 unspecified atom stereocenters. The first kappa shape index (κ1) is 12.9. The Morgan fingerprint density at radius 3 is 2.30 bits per heavy atom. The summed E-state index contributed by atoms with van der Waals surface area (Å²) in [5, 5.41) is 0. The molecule has 0 bridgehead atoms. The molecule has 0 aliphatic carbocycles. The van der Waals surface area contributed by atoms with Crippen LogP contribution >= 0.6 is 12.8 Å². The van der Waals surface area contributed by atoms with Gasteiger partial charge in [-0.15, -0.1) is 0 Å². The molecule has 20 heavy (non-hydrogen) atoms. The summed E-state index contributed by atoms with van der Waals surface area (Å²) in [6, 6.07) is 6.92. The van der Waals surface area contributed by atoms with Crippen molar-refractivity contribution < 1.29 is 9.59 Å². The molecule has 2 aromatic rings. The molecule has 1 aromatic heterocycles. The molecule has 6 heteroatoms. The highest BCUT2D eigenvalue weighted by molar-refractivity contribution is 7.78. The van der Waals surface area contributed by atoms with Gasteiger partial charge < -0.3 is 0 Å². The average molecular weight is 287 g/mol. The molecule has 102 valence electrons. The van der Waals surface area contributed by atoms with E-state index in [1.165, 1.54) is 4.90 Å². The van der Waals surface area contributed by atoms with Gasteiger partial charge in [0.15, 0.2) is 0 Å². The van der Waals surface area contributed by atoms with Crippen molar-refractivity contribution in [2.24, 2.45) is 0 Å². The smallest absolute Gasteiger partial charge is 0.261 e. The third-order valence-corrected chi connectivity index (χ3v) is 3.72. The largest absolute Gasteiger partial charge is 0.280 e. The maximum atomic E-state index is 12.1. The molecule has 2 heterocycles. The number of aromatic nitrogens is 2. The van der Waals surface area contributed by atoms with E-state index < -0.39 is 0 Å². The van der Waals surface area contributed by atoms with E-state index in [1.54, 1.807) is 40.6 Å². The van der Waals surface area contributed by atoms with Crippen LogP contribution in [0.25, 0.3) is 0 Å². The number of aryl methyl sites for hydroxylation is 1. The zero-order valence-corrected chi connectivity index (χ0v) is 11.6. The van der Waals surface area contributed by atoms with Gasteiger partial charge in [0.2, 0.25) is 0 Å². The second-order valence-corrected chi connectivity index (χ2v) is 5.03. The molecule has 1 aliphatic rings. The lowest BCUT2D eigenvalue weighted by molar-refractivity contribution is 0.0652. The highest BCUT2D eigenvalue weighted by atomic mass is 32.1. The van der Waals surface area contributed by atoms with Crippen LogP contribution in [0.4, 0.5) is 0 Å². The minimum atomic E-state index is -0.209. The Hall–Kier alpha value is -2.08. The van der Waals surface area contributed by atoms with E-state index >= 15 is 0 Å². The van der Waals surface area contributed by atoms with Crippen molar-refractivity contribution in [3.05, 3.63) is 53.6 Å². The van der Waals surface area contributed by atoms with Crippen molar-refractivity contribution >= 4 is 24.6 Å². The minimum Gasteiger partial charge on any atom is -0.280 e. The third kappa shape index (κ3) is 2.12. The normalized spacial score (nSPS) is 13.9. The highest BCUT2D eigenvalue weighted by Gasteiger charge is 2.34. The molecule has 0 spiro atoms. The number of carbonyl (C=O) groups excluding carboxylic acids is 2. The molecule has 3 rings (SSSR count). The number of imidazole rings is 1. The number of rotatable bonds is 4. The van der Waals surface area contributed by atoms with Gasteiger partial charge in [0.1, 0.15) is 5.82 Å². The van der Waals surface area contributed by atoms with Crippen molar-refractivity contribution in [2.75, 3.05) is 6.54 Å². The summed E-state index contributed by atoms with van der Waals surface area (Å²) in [7, 11) is 0. The van der Waals surface area contributed by atoms with Crippen molar-refractivity contribution in [3.63, 3.8) is 0 Å². The zero-order chi connectivity index (χ0) is 14.1. The molecule has 0 saturated heterocycles. The molecular weight excluding hydrogens is 274 g/mol. The van der Waals surface area contributed by atoms with E-state index in [0.29, 0.717) is 30.5 Å². The monoisotopic (exact) mass is 287 g/mol. The fourth-order valence-electron chi connectivity index (χ4n) is 2.34. The van der Waals surface area contributed by atoms with E-state index in [4.69, 9.17) is 0 Å². The van der Waals surface area contributed by atoms with Crippen LogP contribution in [0.5, 0.6) is 0 Å². The summed E-state index contributed by atoms with van der Waals surface area (Å²) >= 11 is 4.21. The van der Waals surface area contributed by atoms with E-state index in [1.807, 2.05) is 0 Å². The molecule has 0 saturated carbocycles. The van der Waals surface area contributed by atoms with Crippen molar-refractivity contribution in [1.82, 2.24) is 13.9 Å². The van der Waals surface area contributed by atoms with Crippen LogP contribution in [-0.2, 0) is 6.42 Å². The topological polar surface area (TPSA) is 55.2 Å². The van der Waals surface area contributed by atoms with Crippen LogP contribution in [0.15, 0.2) is 36.7 Å². The Labute approximate surface area is 121 Å². The summed E-state index contributed by atoms with van der Waals surface area (Å²) < 4.78 is 1.64. The Morgan fingerprint density at radius 2 is 1.75 bits per heavy atom. The van der Waals surface area contributed by atoms with Crippen LogP contribution in [0.2, 0.25) is 0 Å². The second kappa shape index (κ2) is 5.13. The van der Waals surface area contributed by atoms with Crippen LogP contribution in [0.3, 0.4) is 0 Å². The molecule has 1 aromatic carbocycles. The van der Waals surface area contributed by atoms with Gasteiger partial charge in [0.05, 0.1) is 11.1 Å². The molecule has 0 atom stereocenters. The predicted octanol–water partition coefficient (Wildman–Crippen LogP) is 1.80. The number of hydrogen-bond donors (Lipinski definition) is 1. The molecule has 0 fully saturated rings. The molecule has 5 nitrogen and oxygen atoms in total. The van der Waals surface area contributed by atoms with E-state index in [0.717, 1.165) is 5.82 Å². The summed E-state index contributed by atoms with van der Waals surface area (Å²) in [4.78, 5) is 29.7. The van der Waals surface area contributed by atoms with Gasteiger partial charge in [-0.25, -0.2) is 4.98 Å². The lowest BCUT2D eigenvalue weighted by atomic mass is 10.1. The van der Waals surface area contributed by atoms with Crippen molar-refractivity contribution in [3.8, 4) is 0 Å². The second-order valence-electron chi connectivity index (χ2n) is 4.60. The average Bonchev–Trinajstić information content (AvgIpc) is 2.97. The summed E-state index contributed by atoms with van der Waals surface area (Å²) in [5.74, 6) is 0.407. The molecule has 0 N–H and O–H groups in total. The quantitative estimate of drug-likeness (QED) is 0.689. The number of thiol groups is 1. The lowest BCUT2D eigenvalue weighted by Gasteiger charge is -2.13. The molecule has 1 aliphatic heterocycles. The van der Waals surface area contributed by atoms with Gasteiger partial charge in [0.25, 0.3) is 11.8 Å². The van der Waals surface area contributed by atoms with E-state index in [2.05, 4.69) is 17.8 Å². The van der Waals surface area contributed by atoms with E-state index in [-0.39, 0.29) is 11.8 Å². The standard InChI is InChI=1S/C14H13N3O2S/c18-13-10-4-1-2-5-11(10)14(19)16(13)8-3-6-12-15-7-9-17(12)20/h1-2,4-5,7,9,20H,3,6,8H2. The predicted molar refractivity (Wildman–Crippen MR) is 76.7 cm³/mol. The molecular formula is C14H13N3O2S. The van der Waals surface area contributed by atoms with E-state index in [9.17, 15) is 9.59 Å². The number of carbonyl (C=O) groups is 2. The van der Waals surface area contributed by atoms with Gasteiger partial charge in [-0.1, -0.05) is 24.9 Å². The number of hydrogen-bond acceptors (Lipinski definition) is 4. The number of amides is 2. The molecule has 0 radical (unpaired) electrons.